The molecule has 0 nitrogen and oxygen atoms in total. The van der Waals surface area contributed by atoms with Gasteiger partial charge in [0.25, 0.3) is 0 Å². The molecule has 0 aliphatic rings. The first-order valence-electron chi connectivity index (χ1n) is 1.22. The van der Waals surface area contributed by atoms with Crippen LogP contribution in [0.4, 0.5) is 18.5 Å². The SMILES string of the molecule is CF.[F][Sb]([F])([F])([F])[F]. The molecule has 0 bridgehead atoms. The van der Waals surface area contributed by atoms with Crippen LogP contribution in [-0.4, -0.2) is 27.5 Å². The second-order valence-electron chi connectivity index (χ2n) is 0.639. The van der Waals surface area contributed by atoms with Gasteiger partial charge in [-0.25, -0.2) is 0 Å². The van der Waals surface area contributed by atoms with Crippen LogP contribution in [0.15, 0.2) is 0 Å². The fraction of sp³-hybridized carbons (Fsp3) is 1.00. The van der Waals surface area contributed by atoms with Crippen molar-refractivity contribution < 1.29 is 18.5 Å². The van der Waals surface area contributed by atoms with Crippen LogP contribution in [0, 0.1) is 0 Å². The van der Waals surface area contributed by atoms with Crippen LogP contribution in [0.3, 0.4) is 0 Å². The van der Waals surface area contributed by atoms with Gasteiger partial charge in [-0.05, 0) is 0 Å². The van der Waals surface area contributed by atoms with E-state index in [0.29, 0.717) is 7.18 Å². The van der Waals surface area contributed by atoms with Gasteiger partial charge in [0.2, 0.25) is 0 Å². The van der Waals surface area contributed by atoms with Crippen molar-refractivity contribution in [3.63, 3.8) is 0 Å². The number of hydrogen-bond acceptors (Lipinski definition) is 0. The first-order chi connectivity index (χ1) is 3.24. The third-order valence-electron chi connectivity index (χ3n) is 0. The molecule has 0 amide bonds. The van der Waals surface area contributed by atoms with Crippen molar-refractivity contribution >= 4 is 20.3 Å². The van der Waals surface area contributed by atoms with Crippen LogP contribution in [0.5, 0.6) is 0 Å². The summed E-state index contributed by atoms with van der Waals surface area (Å²) < 4.78 is 59.0. The molecule has 0 aromatic carbocycles. The predicted octanol–water partition coefficient (Wildman–Crippen LogP) is 2.31. The first kappa shape index (κ1) is 11.2. The molecule has 0 spiro atoms. The zero-order valence-corrected chi connectivity index (χ0v) is 6.27. The molecule has 7 heteroatoms. The molecule has 54 valence electrons. The maximum atomic E-state index is 9.91. The van der Waals surface area contributed by atoms with E-state index in [1.807, 2.05) is 0 Å². The molecule has 0 N–H and O–H groups in total. The maximum absolute atomic E-state index is 9.91. The van der Waals surface area contributed by atoms with Crippen molar-refractivity contribution in [2.24, 2.45) is 0 Å². The Balaban J connectivity index is 0. The molecule has 8 heavy (non-hydrogen) atoms. The van der Waals surface area contributed by atoms with Crippen LogP contribution in [0.1, 0.15) is 0 Å². The summed E-state index contributed by atoms with van der Waals surface area (Å²) in [7, 11) is 0.500. The van der Waals surface area contributed by atoms with Crippen LogP contribution in [0.2, 0.25) is 0 Å². The Morgan fingerprint density at radius 3 is 0.750 bits per heavy atom. The molecule has 0 radical (unpaired) electrons. The minimum atomic E-state index is -9.19. The van der Waals surface area contributed by atoms with Gasteiger partial charge in [-0.2, -0.15) is 0 Å². The van der Waals surface area contributed by atoms with Gasteiger partial charge in [0.05, 0.1) is 7.18 Å². The summed E-state index contributed by atoms with van der Waals surface area (Å²) in [6.07, 6.45) is 0. The molecule has 0 heterocycles. The van der Waals surface area contributed by atoms with E-state index in [4.69, 9.17) is 0 Å². The molecule has 0 rings (SSSR count). The Hall–Kier alpha value is 0.398. The zero-order valence-electron chi connectivity index (χ0n) is 3.72. The number of rotatable bonds is 0. The molecule has 0 atom stereocenters. The second kappa shape index (κ2) is 2.80. The van der Waals surface area contributed by atoms with Crippen molar-refractivity contribution in [2.45, 2.75) is 0 Å². The van der Waals surface area contributed by atoms with Crippen molar-refractivity contribution in [2.75, 3.05) is 7.18 Å². The van der Waals surface area contributed by atoms with Crippen molar-refractivity contribution in [1.29, 1.82) is 0 Å². The van der Waals surface area contributed by atoms with Gasteiger partial charge in [0.1, 0.15) is 0 Å². The zero-order chi connectivity index (χ0) is 7.45. The molecule has 0 saturated heterocycles. The molecule has 0 aliphatic heterocycles. The Kier molecular flexibility index (Phi) is 3.93. The molecular formula is CH3F6Sb. The van der Waals surface area contributed by atoms with E-state index in [9.17, 15) is 18.5 Å². The number of hydrogen-bond donors (Lipinski definition) is 0. The van der Waals surface area contributed by atoms with Crippen LogP contribution in [-0.2, 0) is 0 Å². The van der Waals surface area contributed by atoms with Crippen LogP contribution < -0.4 is 0 Å². The molecular weight excluding hydrogens is 248 g/mol. The van der Waals surface area contributed by atoms with E-state index in [-0.39, 0.29) is 0 Å². The number of halogens is 6. The Morgan fingerprint density at radius 2 is 0.750 bits per heavy atom. The molecule has 0 fully saturated rings. The van der Waals surface area contributed by atoms with E-state index in [0.717, 1.165) is 0 Å². The van der Waals surface area contributed by atoms with Gasteiger partial charge in [0.15, 0.2) is 0 Å². The first-order valence-corrected chi connectivity index (χ1v) is 6.05. The normalized spacial score (nSPS) is 15.1. The van der Waals surface area contributed by atoms with Gasteiger partial charge < -0.3 is 0 Å². The summed E-state index contributed by atoms with van der Waals surface area (Å²) in [5.74, 6) is 0. The van der Waals surface area contributed by atoms with Gasteiger partial charge in [-0.15, -0.1) is 0 Å². The molecule has 0 aromatic heterocycles. The van der Waals surface area contributed by atoms with E-state index in [2.05, 4.69) is 0 Å². The van der Waals surface area contributed by atoms with E-state index < -0.39 is 20.3 Å². The average molecular weight is 251 g/mol. The summed E-state index contributed by atoms with van der Waals surface area (Å²) in [4.78, 5) is 0. The van der Waals surface area contributed by atoms with Gasteiger partial charge in [0, 0.05) is 0 Å². The Labute approximate surface area is 46.5 Å². The standard InChI is InChI=1S/CH3F.5FH.Sb/c1-2;;;;;;/h1H3;5*1H;/q;;;;;;+5/p-5. The van der Waals surface area contributed by atoms with Gasteiger partial charge in [-0.1, -0.05) is 0 Å². The quantitative estimate of drug-likeness (QED) is 0.457. The van der Waals surface area contributed by atoms with Crippen LogP contribution in [0.25, 0.3) is 0 Å². The molecule has 0 aliphatic carbocycles. The third kappa shape index (κ3) is 1180. The van der Waals surface area contributed by atoms with Gasteiger partial charge >= 0.3 is 34.4 Å². The molecule has 0 unspecified atom stereocenters. The Morgan fingerprint density at radius 1 is 0.750 bits per heavy atom. The monoisotopic (exact) mass is 250 g/mol. The summed E-state index contributed by atoms with van der Waals surface area (Å²) in [5, 5.41) is 0. The van der Waals surface area contributed by atoms with E-state index >= 15 is 0 Å². The summed E-state index contributed by atoms with van der Waals surface area (Å²) in [5.41, 5.74) is 0. The van der Waals surface area contributed by atoms with Crippen LogP contribution >= 0.6 is 0 Å². The predicted molar refractivity (Wildman–Crippen MR) is 18.3 cm³/mol. The van der Waals surface area contributed by atoms with Crippen molar-refractivity contribution in [3.05, 3.63) is 0 Å². The molecule has 0 aromatic rings. The topological polar surface area (TPSA) is 0 Å². The fourth-order valence-corrected chi connectivity index (χ4v) is 0. The summed E-state index contributed by atoms with van der Waals surface area (Å²) in [6, 6.07) is 0. The third-order valence-corrected chi connectivity index (χ3v) is 0. The van der Waals surface area contributed by atoms with E-state index in [1.54, 1.807) is 0 Å². The average Bonchev–Trinajstić information content (AvgIpc) is 1.33. The van der Waals surface area contributed by atoms with Gasteiger partial charge in [-0.3, -0.25) is 4.39 Å². The molecule has 0 saturated carbocycles. The number of alkyl halides is 1. The van der Waals surface area contributed by atoms with Crippen molar-refractivity contribution in [3.8, 4) is 0 Å². The van der Waals surface area contributed by atoms with E-state index in [1.165, 1.54) is 0 Å². The van der Waals surface area contributed by atoms with Crippen molar-refractivity contribution in [1.82, 2.24) is 0 Å². The Bertz CT molecular complexity index is 41.7. The fourth-order valence-electron chi connectivity index (χ4n) is 0. The summed E-state index contributed by atoms with van der Waals surface area (Å²) >= 11 is -9.19. The minimum absolute atomic E-state index is 0.500. The second-order valence-corrected chi connectivity index (χ2v) is 4.29. The summed E-state index contributed by atoms with van der Waals surface area (Å²) in [6.45, 7) is 0.